The van der Waals surface area contributed by atoms with E-state index in [9.17, 15) is 13.6 Å². The highest BCUT2D eigenvalue weighted by molar-refractivity contribution is 5.71. The van der Waals surface area contributed by atoms with Crippen molar-refractivity contribution in [2.45, 2.75) is 13.5 Å². The van der Waals surface area contributed by atoms with Crippen LogP contribution in [0.25, 0.3) is 0 Å². The van der Waals surface area contributed by atoms with Gasteiger partial charge in [-0.3, -0.25) is 9.69 Å². The predicted molar refractivity (Wildman–Crippen MR) is 59.3 cm³/mol. The van der Waals surface area contributed by atoms with Crippen molar-refractivity contribution in [1.29, 1.82) is 0 Å². The summed E-state index contributed by atoms with van der Waals surface area (Å²) in [6.45, 7) is 2.86. The molecule has 0 saturated heterocycles. The van der Waals surface area contributed by atoms with E-state index in [4.69, 9.17) is 0 Å². The van der Waals surface area contributed by atoms with Crippen LogP contribution in [0.5, 0.6) is 0 Å². The molecule has 1 aromatic rings. The maximum absolute atomic E-state index is 13.0. The monoisotopic (exact) mass is 243 g/mol. The largest absolute Gasteiger partial charge is 0.468 e. The Morgan fingerprint density at radius 1 is 1.29 bits per heavy atom. The second-order valence-corrected chi connectivity index (χ2v) is 3.66. The normalized spacial score (nSPS) is 10.6. The highest BCUT2D eigenvalue weighted by atomic mass is 19.1. The minimum atomic E-state index is -0.617. The Labute approximate surface area is 99.0 Å². The molecule has 0 aliphatic rings. The molecule has 0 heterocycles. The summed E-state index contributed by atoms with van der Waals surface area (Å²) < 4.78 is 30.5. The first-order valence-corrected chi connectivity index (χ1v) is 5.29. The van der Waals surface area contributed by atoms with Crippen molar-refractivity contribution in [1.82, 2.24) is 4.90 Å². The smallest absolute Gasteiger partial charge is 0.319 e. The first-order valence-electron chi connectivity index (χ1n) is 5.29. The minimum absolute atomic E-state index is 0.102. The Morgan fingerprint density at radius 3 is 2.35 bits per heavy atom. The lowest BCUT2D eigenvalue weighted by molar-refractivity contribution is -0.142. The van der Waals surface area contributed by atoms with Crippen LogP contribution in [0.1, 0.15) is 12.5 Å². The average Bonchev–Trinajstić information content (AvgIpc) is 2.26. The van der Waals surface area contributed by atoms with Crippen LogP contribution in [0.2, 0.25) is 0 Å². The number of esters is 1. The molecule has 0 amide bonds. The topological polar surface area (TPSA) is 29.5 Å². The zero-order valence-electron chi connectivity index (χ0n) is 9.87. The van der Waals surface area contributed by atoms with Crippen molar-refractivity contribution < 1.29 is 18.3 Å². The lowest BCUT2D eigenvalue weighted by Gasteiger charge is -2.18. The van der Waals surface area contributed by atoms with Gasteiger partial charge in [0.1, 0.15) is 11.6 Å². The van der Waals surface area contributed by atoms with Crippen LogP contribution >= 0.6 is 0 Å². The van der Waals surface area contributed by atoms with Crippen molar-refractivity contribution >= 4 is 5.97 Å². The van der Waals surface area contributed by atoms with Gasteiger partial charge in [-0.15, -0.1) is 0 Å². The molecule has 0 unspecified atom stereocenters. The number of methoxy groups -OCH3 is 1. The molecule has 0 aromatic heterocycles. The molecule has 1 rings (SSSR count). The van der Waals surface area contributed by atoms with Crippen molar-refractivity contribution in [2.75, 3.05) is 20.2 Å². The first-order chi connectivity index (χ1) is 8.05. The van der Waals surface area contributed by atoms with Gasteiger partial charge >= 0.3 is 5.97 Å². The van der Waals surface area contributed by atoms with E-state index in [0.29, 0.717) is 18.7 Å². The third kappa shape index (κ3) is 4.48. The zero-order chi connectivity index (χ0) is 12.8. The molecule has 0 fully saturated rings. The van der Waals surface area contributed by atoms with Gasteiger partial charge in [-0.2, -0.15) is 0 Å². The van der Waals surface area contributed by atoms with Gasteiger partial charge in [0, 0.05) is 12.6 Å². The number of nitrogens with zero attached hydrogens (tertiary/aromatic N) is 1. The van der Waals surface area contributed by atoms with E-state index in [2.05, 4.69) is 4.74 Å². The summed E-state index contributed by atoms with van der Waals surface area (Å²) in [6.07, 6.45) is 0. The number of benzene rings is 1. The molecule has 3 nitrogen and oxygen atoms in total. The van der Waals surface area contributed by atoms with Gasteiger partial charge in [0.15, 0.2) is 0 Å². The summed E-state index contributed by atoms with van der Waals surface area (Å²) in [5.41, 5.74) is 0.494. The number of likely N-dealkylation sites (N-methyl/N-ethyl adjacent to an activating group) is 1. The van der Waals surface area contributed by atoms with Gasteiger partial charge in [0.25, 0.3) is 0 Å². The number of carbonyl (C=O) groups is 1. The zero-order valence-corrected chi connectivity index (χ0v) is 9.87. The molecular formula is C12H15F2NO2. The minimum Gasteiger partial charge on any atom is -0.468 e. The van der Waals surface area contributed by atoms with Crippen molar-refractivity contribution in [3.8, 4) is 0 Å². The number of carbonyl (C=O) groups excluding carboxylic acids is 1. The third-order valence-corrected chi connectivity index (χ3v) is 2.36. The van der Waals surface area contributed by atoms with Crippen LogP contribution < -0.4 is 0 Å². The summed E-state index contributed by atoms with van der Waals surface area (Å²) >= 11 is 0. The maximum Gasteiger partial charge on any atom is 0.319 e. The Balaban J connectivity index is 2.70. The van der Waals surface area contributed by atoms with E-state index in [1.807, 2.05) is 6.92 Å². The van der Waals surface area contributed by atoms with Crippen LogP contribution in [0.3, 0.4) is 0 Å². The molecule has 0 spiro atoms. The second-order valence-electron chi connectivity index (χ2n) is 3.66. The maximum atomic E-state index is 13.0. The van der Waals surface area contributed by atoms with E-state index in [-0.39, 0.29) is 12.5 Å². The van der Waals surface area contributed by atoms with Gasteiger partial charge in [-0.1, -0.05) is 6.92 Å². The van der Waals surface area contributed by atoms with Crippen LogP contribution in [0.4, 0.5) is 8.78 Å². The highest BCUT2D eigenvalue weighted by Gasteiger charge is 2.10. The lowest BCUT2D eigenvalue weighted by Crippen LogP contribution is -2.30. The van der Waals surface area contributed by atoms with E-state index < -0.39 is 11.6 Å². The number of hydrogen-bond acceptors (Lipinski definition) is 3. The Hall–Kier alpha value is -1.49. The summed E-state index contributed by atoms with van der Waals surface area (Å²) in [6, 6.07) is 3.33. The van der Waals surface area contributed by atoms with E-state index in [1.54, 1.807) is 4.90 Å². The molecule has 5 heteroatoms. The van der Waals surface area contributed by atoms with Crippen molar-refractivity contribution in [2.24, 2.45) is 0 Å². The molecule has 17 heavy (non-hydrogen) atoms. The second kappa shape index (κ2) is 6.30. The summed E-state index contributed by atoms with van der Waals surface area (Å²) in [5, 5.41) is 0. The lowest BCUT2D eigenvalue weighted by atomic mass is 10.2. The first kappa shape index (κ1) is 13.6. The molecule has 1 aromatic carbocycles. The molecule has 0 aliphatic carbocycles. The average molecular weight is 243 g/mol. The van der Waals surface area contributed by atoms with Crippen LogP contribution in [0.15, 0.2) is 18.2 Å². The van der Waals surface area contributed by atoms with E-state index in [1.165, 1.54) is 19.2 Å². The fraction of sp³-hybridized carbons (Fsp3) is 0.417. The molecular weight excluding hydrogens is 228 g/mol. The Bertz CT molecular complexity index is 376. The molecule has 0 atom stereocenters. The van der Waals surface area contributed by atoms with Crippen molar-refractivity contribution in [3.05, 3.63) is 35.4 Å². The standard InChI is InChI=1S/C12H15F2NO2/c1-3-15(8-12(16)17-2)7-9-4-10(13)6-11(14)5-9/h4-6H,3,7-8H2,1-2H3. The van der Waals surface area contributed by atoms with Gasteiger partial charge in [-0.05, 0) is 24.2 Å². The predicted octanol–water partition coefficient (Wildman–Crippen LogP) is 1.96. The molecule has 0 saturated carbocycles. The molecule has 0 N–H and O–H groups in total. The number of rotatable bonds is 5. The SMILES string of the molecule is CCN(CC(=O)OC)Cc1cc(F)cc(F)c1. The van der Waals surface area contributed by atoms with E-state index >= 15 is 0 Å². The highest BCUT2D eigenvalue weighted by Crippen LogP contribution is 2.10. The summed E-state index contributed by atoms with van der Waals surface area (Å²) in [5.74, 6) is -1.60. The number of ether oxygens (including phenoxy) is 1. The van der Waals surface area contributed by atoms with Crippen LogP contribution in [-0.4, -0.2) is 31.1 Å². The molecule has 94 valence electrons. The van der Waals surface area contributed by atoms with Crippen LogP contribution in [0, 0.1) is 11.6 Å². The van der Waals surface area contributed by atoms with Crippen molar-refractivity contribution in [3.63, 3.8) is 0 Å². The summed E-state index contributed by atoms with van der Waals surface area (Å²) in [4.78, 5) is 12.8. The fourth-order valence-electron chi connectivity index (χ4n) is 1.49. The molecule has 0 bridgehead atoms. The van der Waals surface area contributed by atoms with Gasteiger partial charge in [-0.25, -0.2) is 8.78 Å². The molecule has 0 radical (unpaired) electrons. The fourth-order valence-corrected chi connectivity index (χ4v) is 1.49. The van der Waals surface area contributed by atoms with Gasteiger partial charge < -0.3 is 4.74 Å². The number of hydrogen-bond donors (Lipinski definition) is 0. The van der Waals surface area contributed by atoms with Gasteiger partial charge in [0.05, 0.1) is 13.7 Å². The molecule has 0 aliphatic heterocycles. The third-order valence-electron chi connectivity index (χ3n) is 2.36. The summed E-state index contributed by atoms with van der Waals surface area (Å²) in [7, 11) is 1.30. The van der Waals surface area contributed by atoms with Gasteiger partial charge in [0.2, 0.25) is 0 Å². The quantitative estimate of drug-likeness (QED) is 0.740. The Kier molecular flexibility index (Phi) is 5.03. The van der Waals surface area contributed by atoms with E-state index in [0.717, 1.165) is 6.07 Å². The number of halogens is 2. The Morgan fingerprint density at radius 2 is 1.88 bits per heavy atom. The van der Waals surface area contributed by atoms with Crippen LogP contribution in [-0.2, 0) is 16.1 Å².